The summed E-state index contributed by atoms with van der Waals surface area (Å²) in [6, 6.07) is 6.19. The number of nitrogens with zero attached hydrogens (tertiary/aromatic N) is 2. The maximum Gasteiger partial charge on any atom is 0.344 e. The van der Waals surface area contributed by atoms with Gasteiger partial charge in [-0.25, -0.2) is 4.79 Å². The van der Waals surface area contributed by atoms with Crippen molar-refractivity contribution in [2.75, 3.05) is 19.5 Å². The van der Waals surface area contributed by atoms with Crippen LogP contribution in [0.25, 0.3) is 0 Å². The lowest BCUT2D eigenvalue weighted by Crippen LogP contribution is -2.26. The first-order valence-electron chi connectivity index (χ1n) is 4.19. The minimum absolute atomic E-state index is 0.537. The molecule has 0 bridgehead atoms. The number of nitroso groups, excluding NO2 is 1. The van der Waals surface area contributed by atoms with Gasteiger partial charge in [-0.05, 0) is 12.1 Å². The van der Waals surface area contributed by atoms with Crippen molar-refractivity contribution in [3.8, 4) is 5.75 Å². The van der Waals surface area contributed by atoms with Crippen LogP contribution in [-0.2, 0) is 0 Å². The molecule has 6 heteroatoms. The van der Waals surface area contributed by atoms with Crippen LogP contribution in [0, 0.1) is 4.91 Å². The summed E-state index contributed by atoms with van der Waals surface area (Å²) in [5.74, 6) is 0.620. The highest BCUT2D eigenvalue weighted by molar-refractivity contribution is 5.89. The molecule has 0 aromatic heterocycles. The third kappa shape index (κ3) is 2.94. The number of amides is 2. The van der Waals surface area contributed by atoms with Crippen LogP contribution in [0.15, 0.2) is 29.6 Å². The SMILES string of the molecule is COc1cccc(NC(=O)N(C)N=O)c1. The third-order valence-corrected chi connectivity index (χ3v) is 1.74. The summed E-state index contributed by atoms with van der Waals surface area (Å²) in [6.07, 6.45) is 0. The molecule has 1 aromatic carbocycles. The number of carbonyl (C=O) groups excluding carboxylic acids is 1. The Morgan fingerprint density at radius 3 is 2.87 bits per heavy atom. The van der Waals surface area contributed by atoms with Crippen LogP contribution in [-0.4, -0.2) is 25.2 Å². The predicted octanol–water partition coefficient (Wildman–Crippen LogP) is 1.84. The molecule has 0 saturated carbocycles. The van der Waals surface area contributed by atoms with E-state index in [1.807, 2.05) is 0 Å². The van der Waals surface area contributed by atoms with Crippen molar-refractivity contribution >= 4 is 11.7 Å². The van der Waals surface area contributed by atoms with Crippen molar-refractivity contribution in [2.24, 2.45) is 5.29 Å². The number of ether oxygens (including phenoxy) is 1. The molecule has 0 fully saturated rings. The van der Waals surface area contributed by atoms with Gasteiger partial charge in [0.2, 0.25) is 0 Å². The Labute approximate surface area is 86.8 Å². The highest BCUT2D eigenvalue weighted by Gasteiger charge is 2.08. The minimum atomic E-state index is -0.599. The van der Waals surface area contributed by atoms with Gasteiger partial charge in [0.05, 0.1) is 12.4 Å². The van der Waals surface area contributed by atoms with Gasteiger partial charge in [-0.15, -0.1) is 4.91 Å². The summed E-state index contributed by atoms with van der Waals surface area (Å²) < 4.78 is 4.97. The van der Waals surface area contributed by atoms with E-state index in [0.29, 0.717) is 16.4 Å². The van der Waals surface area contributed by atoms with Crippen LogP contribution in [0.3, 0.4) is 0 Å². The molecule has 1 rings (SSSR count). The standard InChI is InChI=1S/C9H11N3O3/c1-12(11-14)9(13)10-7-4-3-5-8(6-7)15-2/h3-6H,1-2H3,(H,10,13). The molecule has 15 heavy (non-hydrogen) atoms. The van der Waals surface area contributed by atoms with Gasteiger partial charge in [-0.3, -0.25) is 0 Å². The Hall–Kier alpha value is -2.11. The average Bonchev–Trinajstić information content (AvgIpc) is 2.28. The second-order valence-electron chi connectivity index (χ2n) is 2.77. The first-order chi connectivity index (χ1) is 7.17. The normalized spacial score (nSPS) is 9.20. The third-order valence-electron chi connectivity index (χ3n) is 1.74. The van der Waals surface area contributed by atoms with Gasteiger partial charge < -0.3 is 10.1 Å². The van der Waals surface area contributed by atoms with E-state index in [9.17, 15) is 9.70 Å². The maximum atomic E-state index is 11.2. The fraction of sp³-hybridized carbons (Fsp3) is 0.222. The number of benzene rings is 1. The Kier molecular flexibility index (Phi) is 3.61. The van der Waals surface area contributed by atoms with Gasteiger partial charge in [0, 0.05) is 18.8 Å². The number of rotatable bonds is 3. The van der Waals surface area contributed by atoms with Gasteiger partial charge in [-0.2, -0.15) is 5.01 Å². The number of carbonyl (C=O) groups is 1. The van der Waals surface area contributed by atoms with Crippen molar-refractivity contribution in [2.45, 2.75) is 0 Å². The zero-order valence-corrected chi connectivity index (χ0v) is 8.43. The fourth-order valence-electron chi connectivity index (χ4n) is 0.942. The summed E-state index contributed by atoms with van der Waals surface area (Å²) in [7, 11) is 2.79. The van der Waals surface area contributed by atoms with E-state index < -0.39 is 6.03 Å². The van der Waals surface area contributed by atoms with Gasteiger partial charge in [-0.1, -0.05) is 6.07 Å². The molecule has 1 aromatic rings. The number of nitrogens with one attached hydrogen (secondary N) is 1. The lowest BCUT2D eigenvalue weighted by atomic mass is 10.3. The van der Waals surface area contributed by atoms with E-state index in [4.69, 9.17) is 4.74 Å². The second kappa shape index (κ2) is 4.94. The van der Waals surface area contributed by atoms with E-state index in [-0.39, 0.29) is 0 Å². The summed E-state index contributed by atoms with van der Waals surface area (Å²) in [5, 5.41) is 5.61. The van der Waals surface area contributed by atoms with Crippen LogP contribution < -0.4 is 10.1 Å². The Morgan fingerprint density at radius 1 is 1.53 bits per heavy atom. The van der Waals surface area contributed by atoms with Crippen molar-refractivity contribution in [1.29, 1.82) is 0 Å². The molecule has 0 atom stereocenters. The average molecular weight is 209 g/mol. The van der Waals surface area contributed by atoms with E-state index in [2.05, 4.69) is 10.6 Å². The molecule has 80 valence electrons. The summed E-state index contributed by atoms with van der Waals surface area (Å²) in [4.78, 5) is 21.3. The van der Waals surface area contributed by atoms with Crippen LogP contribution in [0.4, 0.5) is 10.5 Å². The Bertz CT molecular complexity index is 367. The number of urea groups is 1. The summed E-state index contributed by atoms with van der Waals surface area (Å²) in [6.45, 7) is 0. The minimum Gasteiger partial charge on any atom is -0.497 e. The van der Waals surface area contributed by atoms with Gasteiger partial charge >= 0.3 is 6.03 Å². The molecule has 0 radical (unpaired) electrons. The maximum absolute atomic E-state index is 11.2. The highest BCUT2D eigenvalue weighted by Crippen LogP contribution is 2.16. The first kappa shape index (κ1) is 11.0. The van der Waals surface area contributed by atoms with Crippen molar-refractivity contribution < 1.29 is 9.53 Å². The molecule has 1 N–H and O–H groups in total. The van der Waals surface area contributed by atoms with Gasteiger partial charge in [0.25, 0.3) is 0 Å². The molecule has 0 spiro atoms. The van der Waals surface area contributed by atoms with Crippen molar-refractivity contribution in [3.05, 3.63) is 29.2 Å². The van der Waals surface area contributed by atoms with Gasteiger partial charge in [0.1, 0.15) is 5.75 Å². The molecule has 6 nitrogen and oxygen atoms in total. The van der Waals surface area contributed by atoms with Crippen LogP contribution in [0.5, 0.6) is 5.75 Å². The number of anilines is 1. The summed E-state index contributed by atoms with van der Waals surface area (Å²) in [5.41, 5.74) is 0.537. The highest BCUT2D eigenvalue weighted by atomic mass is 16.5. The van der Waals surface area contributed by atoms with Crippen LogP contribution in [0.2, 0.25) is 0 Å². The molecule has 0 unspecified atom stereocenters. The quantitative estimate of drug-likeness (QED) is 0.609. The van der Waals surface area contributed by atoms with Crippen LogP contribution in [0.1, 0.15) is 0 Å². The van der Waals surface area contributed by atoms with Crippen molar-refractivity contribution in [1.82, 2.24) is 5.01 Å². The van der Waals surface area contributed by atoms with Gasteiger partial charge in [0.15, 0.2) is 0 Å². The Morgan fingerprint density at radius 2 is 2.27 bits per heavy atom. The lowest BCUT2D eigenvalue weighted by molar-refractivity contribution is 0.224. The van der Waals surface area contributed by atoms with E-state index in [1.54, 1.807) is 24.3 Å². The smallest absolute Gasteiger partial charge is 0.344 e. The number of hydrogen-bond donors (Lipinski definition) is 1. The molecule has 0 aliphatic rings. The molecule has 0 heterocycles. The topological polar surface area (TPSA) is 71.0 Å². The summed E-state index contributed by atoms with van der Waals surface area (Å²) >= 11 is 0. The molecule has 0 saturated heterocycles. The molecular formula is C9H11N3O3. The van der Waals surface area contributed by atoms with Crippen molar-refractivity contribution in [3.63, 3.8) is 0 Å². The van der Waals surface area contributed by atoms with E-state index in [1.165, 1.54) is 14.2 Å². The first-order valence-corrected chi connectivity index (χ1v) is 4.19. The molecular weight excluding hydrogens is 198 g/mol. The zero-order valence-electron chi connectivity index (χ0n) is 8.43. The number of hydrogen-bond acceptors (Lipinski definition) is 4. The molecule has 2 amide bonds. The monoisotopic (exact) mass is 209 g/mol. The second-order valence-corrected chi connectivity index (χ2v) is 2.77. The number of methoxy groups -OCH3 is 1. The molecule has 0 aliphatic heterocycles. The van der Waals surface area contributed by atoms with Crippen LogP contribution >= 0.6 is 0 Å². The lowest BCUT2D eigenvalue weighted by Gasteiger charge is -2.09. The van der Waals surface area contributed by atoms with E-state index in [0.717, 1.165) is 0 Å². The Balaban J connectivity index is 2.72. The van der Waals surface area contributed by atoms with E-state index >= 15 is 0 Å². The zero-order chi connectivity index (χ0) is 11.3. The fourth-order valence-corrected chi connectivity index (χ4v) is 0.942. The predicted molar refractivity (Wildman–Crippen MR) is 55.6 cm³/mol. The largest absolute Gasteiger partial charge is 0.497 e. The molecule has 0 aliphatic carbocycles.